The molecule has 0 spiro atoms. The molecule has 0 atom stereocenters. The van der Waals surface area contributed by atoms with E-state index in [2.05, 4.69) is 10.2 Å². The van der Waals surface area contributed by atoms with Crippen LogP contribution in [-0.4, -0.2) is 68.5 Å². The van der Waals surface area contributed by atoms with Gasteiger partial charge in [0.15, 0.2) is 0 Å². The molecule has 3 aromatic carbocycles. The van der Waals surface area contributed by atoms with E-state index in [0.717, 1.165) is 78.3 Å². The summed E-state index contributed by atoms with van der Waals surface area (Å²) >= 11 is 0. The molecule has 0 radical (unpaired) electrons. The fourth-order valence-corrected chi connectivity index (χ4v) is 4.20. The molecule has 0 unspecified atom stereocenters. The lowest BCUT2D eigenvalue weighted by atomic mass is 10.1. The van der Waals surface area contributed by atoms with Crippen LogP contribution in [0.2, 0.25) is 0 Å². The number of methoxy groups -OCH3 is 2. The van der Waals surface area contributed by atoms with Gasteiger partial charge in [-0.1, -0.05) is 0 Å². The molecule has 2 heterocycles. The van der Waals surface area contributed by atoms with E-state index in [-0.39, 0.29) is 0 Å². The summed E-state index contributed by atoms with van der Waals surface area (Å²) in [6, 6.07) is 25.5. The number of nitrogens with one attached hydrogen (secondary N) is 1. The van der Waals surface area contributed by atoms with E-state index in [0.29, 0.717) is 12.6 Å². The molecule has 8 heteroatoms. The molecule has 1 N–H and O–H groups in total. The van der Waals surface area contributed by atoms with Crippen molar-refractivity contribution in [1.82, 2.24) is 14.9 Å². The summed E-state index contributed by atoms with van der Waals surface area (Å²) in [5.41, 5.74) is 4.42. The molecule has 1 aliphatic rings. The Morgan fingerprint density at radius 3 is 1.79 bits per heavy atom. The highest BCUT2D eigenvalue weighted by molar-refractivity contribution is 5.71. The molecule has 5 rings (SSSR count). The maximum absolute atomic E-state index is 5.94. The SMILES string of the molecule is COc1ccc(-c2cc(-c3ccc(OC)cc3)nc(Nc3ccc(OCCN4CCOCC4)cc3)n2)cc1. The highest BCUT2D eigenvalue weighted by Crippen LogP contribution is 2.29. The van der Waals surface area contributed by atoms with Crippen molar-refractivity contribution < 1.29 is 18.9 Å². The maximum atomic E-state index is 5.94. The largest absolute Gasteiger partial charge is 0.497 e. The summed E-state index contributed by atoms with van der Waals surface area (Å²) < 4.78 is 22.0. The summed E-state index contributed by atoms with van der Waals surface area (Å²) in [5, 5.41) is 3.36. The summed E-state index contributed by atoms with van der Waals surface area (Å²) in [4.78, 5) is 12.0. The van der Waals surface area contributed by atoms with Crippen molar-refractivity contribution in [1.29, 1.82) is 0 Å². The van der Waals surface area contributed by atoms with Gasteiger partial charge in [-0.05, 0) is 78.9 Å². The fourth-order valence-electron chi connectivity index (χ4n) is 4.20. The maximum Gasteiger partial charge on any atom is 0.228 e. The smallest absolute Gasteiger partial charge is 0.228 e. The van der Waals surface area contributed by atoms with Crippen molar-refractivity contribution in [2.45, 2.75) is 0 Å². The predicted molar refractivity (Wildman–Crippen MR) is 148 cm³/mol. The van der Waals surface area contributed by atoms with Crippen LogP contribution < -0.4 is 19.5 Å². The molecule has 0 bridgehead atoms. The number of anilines is 2. The van der Waals surface area contributed by atoms with Crippen LogP contribution in [0.1, 0.15) is 0 Å². The minimum absolute atomic E-state index is 0.505. The monoisotopic (exact) mass is 512 g/mol. The number of benzene rings is 3. The molecule has 1 fully saturated rings. The third-order valence-electron chi connectivity index (χ3n) is 6.39. The van der Waals surface area contributed by atoms with Crippen LogP contribution in [0, 0.1) is 0 Å². The Kier molecular flexibility index (Phi) is 8.32. The van der Waals surface area contributed by atoms with E-state index in [1.807, 2.05) is 78.9 Å². The number of hydrogen-bond donors (Lipinski definition) is 1. The molecule has 4 aromatic rings. The number of nitrogens with zero attached hydrogens (tertiary/aromatic N) is 3. The molecule has 38 heavy (non-hydrogen) atoms. The number of aromatic nitrogens is 2. The van der Waals surface area contributed by atoms with Gasteiger partial charge in [0.2, 0.25) is 5.95 Å². The number of hydrogen-bond acceptors (Lipinski definition) is 8. The van der Waals surface area contributed by atoms with Crippen molar-refractivity contribution in [3.63, 3.8) is 0 Å². The van der Waals surface area contributed by atoms with Gasteiger partial charge < -0.3 is 24.3 Å². The molecule has 8 nitrogen and oxygen atoms in total. The van der Waals surface area contributed by atoms with Crippen LogP contribution in [0.15, 0.2) is 78.9 Å². The standard InChI is InChI=1S/C30H32N4O4/c1-35-25-9-3-22(4-10-25)28-21-29(23-5-11-26(36-2)12-6-23)33-30(32-28)31-24-7-13-27(14-8-24)38-20-17-34-15-18-37-19-16-34/h3-14,21H,15-20H2,1-2H3,(H,31,32,33). The molecule has 0 aliphatic carbocycles. The minimum Gasteiger partial charge on any atom is -0.497 e. The molecular formula is C30H32N4O4. The van der Waals surface area contributed by atoms with E-state index in [1.54, 1.807) is 14.2 Å². The van der Waals surface area contributed by atoms with Crippen molar-refractivity contribution in [3.8, 4) is 39.8 Å². The van der Waals surface area contributed by atoms with Gasteiger partial charge >= 0.3 is 0 Å². The van der Waals surface area contributed by atoms with E-state index < -0.39 is 0 Å². The minimum atomic E-state index is 0.505. The Morgan fingerprint density at radius 2 is 1.26 bits per heavy atom. The van der Waals surface area contributed by atoms with Gasteiger partial charge in [-0.2, -0.15) is 0 Å². The Hall–Kier alpha value is -4.14. The highest BCUT2D eigenvalue weighted by atomic mass is 16.5. The average Bonchev–Trinajstić information content (AvgIpc) is 2.98. The second-order valence-corrected chi connectivity index (χ2v) is 8.87. The van der Waals surface area contributed by atoms with Gasteiger partial charge in [-0.25, -0.2) is 9.97 Å². The summed E-state index contributed by atoms with van der Waals surface area (Å²) in [6.07, 6.45) is 0. The second kappa shape index (κ2) is 12.4. The van der Waals surface area contributed by atoms with Crippen LogP contribution in [0.5, 0.6) is 17.2 Å². The molecule has 0 amide bonds. The third kappa shape index (κ3) is 6.59. The van der Waals surface area contributed by atoms with Crippen LogP contribution in [0.25, 0.3) is 22.5 Å². The molecule has 0 saturated carbocycles. The Morgan fingerprint density at radius 1 is 0.737 bits per heavy atom. The molecule has 1 aromatic heterocycles. The van der Waals surface area contributed by atoms with Crippen molar-refractivity contribution >= 4 is 11.6 Å². The third-order valence-corrected chi connectivity index (χ3v) is 6.39. The molecule has 1 saturated heterocycles. The van der Waals surface area contributed by atoms with Crippen LogP contribution >= 0.6 is 0 Å². The zero-order chi connectivity index (χ0) is 26.2. The summed E-state index contributed by atoms with van der Waals surface area (Å²) in [5.74, 6) is 2.92. The predicted octanol–water partition coefficient (Wildman–Crippen LogP) is 5.28. The van der Waals surface area contributed by atoms with Gasteiger partial charge in [0, 0.05) is 36.4 Å². The lowest BCUT2D eigenvalue weighted by Crippen LogP contribution is -2.38. The lowest BCUT2D eigenvalue weighted by Gasteiger charge is -2.26. The van der Waals surface area contributed by atoms with Gasteiger partial charge in [0.05, 0.1) is 38.8 Å². The van der Waals surface area contributed by atoms with Gasteiger partial charge in [-0.15, -0.1) is 0 Å². The molecule has 1 aliphatic heterocycles. The Bertz CT molecular complexity index is 1240. The first-order valence-corrected chi connectivity index (χ1v) is 12.7. The van der Waals surface area contributed by atoms with Crippen LogP contribution in [-0.2, 0) is 4.74 Å². The Balaban J connectivity index is 1.33. The normalized spacial score (nSPS) is 13.6. The van der Waals surface area contributed by atoms with Crippen molar-refractivity contribution in [2.24, 2.45) is 0 Å². The first kappa shape index (κ1) is 25.5. The first-order chi connectivity index (χ1) is 18.7. The molecular weight excluding hydrogens is 480 g/mol. The van der Waals surface area contributed by atoms with Crippen molar-refractivity contribution in [2.75, 3.05) is 59.0 Å². The highest BCUT2D eigenvalue weighted by Gasteiger charge is 2.11. The van der Waals surface area contributed by atoms with E-state index in [9.17, 15) is 0 Å². The first-order valence-electron chi connectivity index (χ1n) is 12.7. The van der Waals surface area contributed by atoms with Crippen molar-refractivity contribution in [3.05, 3.63) is 78.9 Å². The van der Waals surface area contributed by atoms with Gasteiger partial charge in [-0.3, -0.25) is 4.90 Å². The van der Waals surface area contributed by atoms with Gasteiger partial charge in [0.25, 0.3) is 0 Å². The molecule has 196 valence electrons. The van der Waals surface area contributed by atoms with E-state index in [1.165, 1.54) is 0 Å². The number of ether oxygens (including phenoxy) is 4. The summed E-state index contributed by atoms with van der Waals surface area (Å²) in [7, 11) is 3.31. The van der Waals surface area contributed by atoms with Crippen LogP contribution in [0.3, 0.4) is 0 Å². The van der Waals surface area contributed by atoms with Gasteiger partial charge in [0.1, 0.15) is 23.9 Å². The summed E-state index contributed by atoms with van der Waals surface area (Å²) in [6.45, 7) is 5.04. The quantitative estimate of drug-likeness (QED) is 0.307. The van der Waals surface area contributed by atoms with E-state index >= 15 is 0 Å². The Labute approximate surface area is 223 Å². The number of rotatable bonds is 10. The fraction of sp³-hybridized carbons (Fsp3) is 0.267. The zero-order valence-electron chi connectivity index (χ0n) is 21.7. The topological polar surface area (TPSA) is 78.0 Å². The van der Waals surface area contributed by atoms with E-state index in [4.69, 9.17) is 28.9 Å². The lowest BCUT2D eigenvalue weighted by molar-refractivity contribution is 0.0322. The number of morpholine rings is 1. The second-order valence-electron chi connectivity index (χ2n) is 8.87. The zero-order valence-corrected chi connectivity index (χ0v) is 21.7. The van der Waals surface area contributed by atoms with Crippen LogP contribution in [0.4, 0.5) is 11.6 Å². The average molecular weight is 513 g/mol.